The zero-order chi connectivity index (χ0) is 29.4. The summed E-state index contributed by atoms with van der Waals surface area (Å²) in [6, 6.07) is 11.6. The number of hydrogen-bond donors (Lipinski definition) is 3. The van der Waals surface area contributed by atoms with E-state index < -0.39 is 23.5 Å². The topological polar surface area (TPSA) is 112 Å². The molecule has 41 heavy (non-hydrogen) atoms. The highest BCUT2D eigenvalue weighted by atomic mass is 19.4. The largest absolute Gasteiger partial charge is 0.494 e. The van der Waals surface area contributed by atoms with Crippen LogP contribution in [0.1, 0.15) is 12.5 Å². The second kappa shape index (κ2) is 10.6. The molecule has 5 rings (SSSR count). The van der Waals surface area contributed by atoms with Gasteiger partial charge in [-0.3, -0.25) is 9.59 Å². The third-order valence-corrected chi connectivity index (χ3v) is 7.02. The van der Waals surface area contributed by atoms with E-state index in [9.17, 15) is 22.8 Å². The minimum Gasteiger partial charge on any atom is -0.494 e. The Balaban J connectivity index is 1.33. The number of halogens is 3. The van der Waals surface area contributed by atoms with Crippen molar-refractivity contribution in [2.45, 2.75) is 13.1 Å². The van der Waals surface area contributed by atoms with Crippen molar-refractivity contribution in [1.29, 1.82) is 0 Å². The lowest BCUT2D eigenvalue weighted by molar-refractivity contribution is -0.142. The number of amides is 2. The summed E-state index contributed by atoms with van der Waals surface area (Å²) in [5.74, 6) is -0.456. The Labute approximate surface area is 234 Å². The Hall–Kier alpha value is -4.81. The van der Waals surface area contributed by atoms with Gasteiger partial charge in [-0.2, -0.15) is 18.2 Å². The van der Waals surface area contributed by atoms with Crippen LogP contribution in [0.3, 0.4) is 0 Å². The molecule has 1 spiro atoms. The number of hydrogen-bond acceptors (Lipinski definition) is 8. The number of aromatic nitrogens is 2. The highest BCUT2D eigenvalue weighted by molar-refractivity contribution is 5.99. The van der Waals surface area contributed by atoms with Crippen molar-refractivity contribution in [2.24, 2.45) is 5.41 Å². The van der Waals surface area contributed by atoms with E-state index in [0.29, 0.717) is 23.3 Å². The molecule has 2 aromatic carbocycles. The van der Waals surface area contributed by atoms with Gasteiger partial charge in [0.2, 0.25) is 17.8 Å². The lowest BCUT2D eigenvalue weighted by atomic mass is 9.72. The summed E-state index contributed by atoms with van der Waals surface area (Å²) in [6.07, 6.45) is -2.93. The van der Waals surface area contributed by atoms with Gasteiger partial charge in [-0.25, -0.2) is 4.98 Å². The quantitative estimate of drug-likeness (QED) is 0.334. The summed E-state index contributed by atoms with van der Waals surface area (Å²) < 4.78 is 46.9. The fourth-order valence-corrected chi connectivity index (χ4v) is 4.98. The van der Waals surface area contributed by atoms with Crippen molar-refractivity contribution in [3.8, 4) is 5.75 Å². The fraction of sp³-hybridized carbons (Fsp3) is 0.286. The first-order valence-electron chi connectivity index (χ1n) is 12.7. The Morgan fingerprint density at radius 3 is 2.46 bits per heavy atom. The number of nitrogens with zero attached hydrogens (tertiary/aromatic N) is 4. The number of nitrogens with one attached hydrogen (secondary N) is 3. The van der Waals surface area contributed by atoms with Gasteiger partial charge in [0.25, 0.3) is 0 Å². The van der Waals surface area contributed by atoms with E-state index >= 15 is 0 Å². The molecule has 214 valence electrons. The predicted molar refractivity (Wildman–Crippen MR) is 149 cm³/mol. The van der Waals surface area contributed by atoms with Crippen LogP contribution in [-0.4, -0.2) is 60.0 Å². The summed E-state index contributed by atoms with van der Waals surface area (Å²) in [5.41, 5.74) is 1.11. The zero-order valence-corrected chi connectivity index (χ0v) is 22.4. The number of rotatable bonds is 8. The minimum absolute atomic E-state index is 0.0793. The Morgan fingerprint density at radius 2 is 1.80 bits per heavy atom. The molecule has 2 saturated heterocycles. The number of carbonyl (C=O) groups is 2. The molecule has 3 N–H and O–H groups in total. The third-order valence-electron chi connectivity index (χ3n) is 7.02. The maximum Gasteiger partial charge on any atom is 0.421 e. The Morgan fingerprint density at radius 1 is 1.07 bits per heavy atom. The van der Waals surface area contributed by atoms with Crippen molar-refractivity contribution in [3.05, 3.63) is 66.9 Å². The second-order valence-corrected chi connectivity index (χ2v) is 10.1. The lowest BCUT2D eigenvalue weighted by Gasteiger charge is -2.60. The van der Waals surface area contributed by atoms with Crippen LogP contribution in [0.2, 0.25) is 0 Å². The molecule has 10 nitrogen and oxygen atoms in total. The number of alkyl halides is 3. The predicted octanol–water partition coefficient (Wildman–Crippen LogP) is 4.78. The molecule has 13 heteroatoms. The lowest BCUT2D eigenvalue weighted by Crippen LogP contribution is -2.72. The van der Waals surface area contributed by atoms with E-state index in [4.69, 9.17) is 4.74 Å². The molecular formula is C28H28F3N7O3. The van der Waals surface area contributed by atoms with Gasteiger partial charge in [-0.1, -0.05) is 12.6 Å². The van der Waals surface area contributed by atoms with Crippen LogP contribution < -0.4 is 25.6 Å². The summed E-state index contributed by atoms with van der Waals surface area (Å²) >= 11 is 0. The molecule has 0 radical (unpaired) electrons. The van der Waals surface area contributed by atoms with Gasteiger partial charge in [-0.15, -0.1) is 0 Å². The summed E-state index contributed by atoms with van der Waals surface area (Å²) in [4.78, 5) is 35.1. The fourth-order valence-electron chi connectivity index (χ4n) is 4.98. The van der Waals surface area contributed by atoms with Crippen molar-refractivity contribution in [3.63, 3.8) is 0 Å². The monoisotopic (exact) mass is 567 g/mol. The number of carbonyl (C=O) groups excluding carboxylic acids is 2. The first-order chi connectivity index (χ1) is 19.5. The average molecular weight is 568 g/mol. The van der Waals surface area contributed by atoms with Crippen molar-refractivity contribution >= 4 is 46.3 Å². The summed E-state index contributed by atoms with van der Waals surface area (Å²) in [5, 5.41) is 8.19. The highest BCUT2D eigenvalue weighted by Gasteiger charge is 2.52. The number of benzene rings is 2. The van der Waals surface area contributed by atoms with Gasteiger partial charge < -0.3 is 30.5 Å². The SMILES string of the molecule is C=CC(=O)Nc1cccc(Nc2nc(Nc3ccc(N4CC5(CN(C(C)=O)C5)C4)cc3OC)ncc2C(F)(F)F)c1. The van der Waals surface area contributed by atoms with Gasteiger partial charge in [0.05, 0.1) is 12.8 Å². The Bertz CT molecular complexity index is 1500. The molecule has 3 heterocycles. The number of ether oxygens (including phenoxy) is 1. The van der Waals surface area contributed by atoms with E-state index in [-0.39, 0.29) is 23.0 Å². The van der Waals surface area contributed by atoms with Crippen LogP contribution in [0.15, 0.2) is 61.3 Å². The number of likely N-dealkylation sites (tertiary alicyclic amines) is 1. The van der Waals surface area contributed by atoms with Crippen LogP contribution in [0.25, 0.3) is 0 Å². The van der Waals surface area contributed by atoms with Crippen LogP contribution in [0, 0.1) is 5.41 Å². The van der Waals surface area contributed by atoms with Crippen LogP contribution >= 0.6 is 0 Å². The van der Waals surface area contributed by atoms with Crippen LogP contribution in [0.5, 0.6) is 5.75 Å². The molecule has 2 aliphatic heterocycles. The second-order valence-electron chi connectivity index (χ2n) is 10.1. The summed E-state index contributed by atoms with van der Waals surface area (Å²) in [6.45, 7) is 8.11. The number of methoxy groups -OCH3 is 1. The van der Waals surface area contributed by atoms with Gasteiger partial charge >= 0.3 is 6.18 Å². The molecule has 0 aliphatic carbocycles. The molecule has 2 aliphatic rings. The van der Waals surface area contributed by atoms with E-state index in [1.54, 1.807) is 31.2 Å². The molecule has 3 aromatic rings. The maximum atomic E-state index is 13.8. The molecule has 0 saturated carbocycles. The average Bonchev–Trinajstić information content (AvgIpc) is 2.87. The Kier molecular flexibility index (Phi) is 7.20. The first kappa shape index (κ1) is 27.7. The van der Waals surface area contributed by atoms with Crippen LogP contribution in [-0.2, 0) is 15.8 Å². The van der Waals surface area contributed by atoms with E-state index in [0.717, 1.165) is 37.9 Å². The van der Waals surface area contributed by atoms with Crippen molar-refractivity contribution in [2.75, 3.05) is 54.1 Å². The summed E-state index contributed by atoms with van der Waals surface area (Å²) in [7, 11) is 1.50. The van der Waals surface area contributed by atoms with Gasteiger partial charge in [-0.05, 0) is 36.4 Å². The number of anilines is 6. The minimum atomic E-state index is -4.72. The molecular weight excluding hydrogens is 539 g/mol. The van der Waals surface area contributed by atoms with Gasteiger partial charge in [0, 0.05) is 67.8 Å². The maximum absolute atomic E-state index is 13.8. The zero-order valence-electron chi connectivity index (χ0n) is 22.4. The highest BCUT2D eigenvalue weighted by Crippen LogP contribution is 2.43. The third kappa shape index (κ3) is 5.88. The van der Waals surface area contributed by atoms with E-state index in [1.807, 2.05) is 17.0 Å². The standard InChI is InChI=1S/C28H28F3N7O3/c1-4-24(40)33-18-6-5-7-19(10-18)34-25-21(28(29,30)31)12-32-26(36-25)35-22-9-8-20(11-23(22)41-3)38-15-27(16-38)13-37(14-27)17(2)39/h4-12H,1,13-16H2,2-3H3,(H,33,40)(H2,32,34,35,36). The molecule has 0 unspecified atom stereocenters. The molecule has 2 fully saturated rings. The molecule has 1 aromatic heterocycles. The molecule has 0 atom stereocenters. The van der Waals surface area contributed by atoms with Gasteiger partial charge in [0.15, 0.2) is 0 Å². The molecule has 2 amide bonds. The van der Waals surface area contributed by atoms with Crippen molar-refractivity contribution in [1.82, 2.24) is 14.9 Å². The molecule has 0 bridgehead atoms. The first-order valence-corrected chi connectivity index (χ1v) is 12.7. The van der Waals surface area contributed by atoms with Crippen LogP contribution in [0.4, 0.5) is 47.7 Å². The van der Waals surface area contributed by atoms with E-state index in [2.05, 4.69) is 37.4 Å². The van der Waals surface area contributed by atoms with Crippen molar-refractivity contribution < 1.29 is 27.5 Å². The normalized spacial score (nSPS) is 15.4. The van der Waals surface area contributed by atoms with Gasteiger partial charge in [0.1, 0.15) is 17.1 Å². The van der Waals surface area contributed by atoms with E-state index in [1.165, 1.54) is 13.2 Å². The smallest absolute Gasteiger partial charge is 0.421 e.